The van der Waals surface area contributed by atoms with E-state index in [9.17, 15) is 9.59 Å². The zero-order chi connectivity index (χ0) is 12.8. The van der Waals surface area contributed by atoms with E-state index in [1.54, 1.807) is 31.2 Å². The zero-order valence-corrected chi connectivity index (χ0v) is 10.2. The van der Waals surface area contributed by atoms with E-state index in [0.29, 0.717) is 10.7 Å². The number of carboxylic acid groups (broad SMARTS) is 1. The van der Waals surface area contributed by atoms with E-state index in [1.807, 2.05) is 0 Å². The van der Waals surface area contributed by atoms with Crippen molar-refractivity contribution >= 4 is 29.2 Å². The van der Waals surface area contributed by atoms with Crippen molar-refractivity contribution in [3.05, 3.63) is 29.3 Å². The molecular weight excluding hydrogens is 242 g/mol. The highest BCUT2D eigenvalue weighted by atomic mass is 35.5. The van der Waals surface area contributed by atoms with E-state index in [0.717, 1.165) is 0 Å². The van der Waals surface area contributed by atoms with Crippen molar-refractivity contribution in [2.45, 2.75) is 19.8 Å². The van der Waals surface area contributed by atoms with E-state index < -0.39 is 5.97 Å². The second-order valence-electron chi connectivity index (χ2n) is 3.94. The average Bonchev–Trinajstić information content (AvgIpc) is 2.19. The summed E-state index contributed by atoms with van der Waals surface area (Å²) in [7, 11) is 0. The van der Waals surface area contributed by atoms with Gasteiger partial charge in [0.1, 0.15) is 0 Å². The number of benzene rings is 1. The molecule has 4 nitrogen and oxygen atoms in total. The lowest BCUT2D eigenvalue weighted by Gasteiger charge is -2.10. The van der Waals surface area contributed by atoms with Crippen molar-refractivity contribution in [1.29, 1.82) is 0 Å². The molecule has 1 aromatic rings. The minimum Gasteiger partial charge on any atom is -0.481 e. The SMILES string of the molecule is CC(CC(=O)O)CC(=O)Nc1ccccc1Cl. The molecule has 17 heavy (non-hydrogen) atoms. The van der Waals surface area contributed by atoms with Gasteiger partial charge >= 0.3 is 5.97 Å². The van der Waals surface area contributed by atoms with Crippen LogP contribution in [0.25, 0.3) is 0 Å². The van der Waals surface area contributed by atoms with Gasteiger partial charge in [0.05, 0.1) is 10.7 Å². The Morgan fingerprint density at radius 2 is 2.00 bits per heavy atom. The molecule has 0 aliphatic carbocycles. The van der Waals surface area contributed by atoms with Crippen molar-refractivity contribution in [1.82, 2.24) is 0 Å². The fraction of sp³-hybridized carbons (Fsp3) is 0.333. The Labute approximate surface area is 105 Å². The molecule has 1 atom stereocenters. The summed E-state index contributed by atoms with van der Waals surface area (Å²) in [6.07, 6.45) is 0.146. The van der Waals surface area contributed by atoms with Crippen molar-refractivity contribution in [3.8, 4) is 0 Å². The molecule has 0 fully saturated rings. The first-order valence-corrected chi connectivity index (χ1v) is 5.63. The van der Waals surface area contributed by atoms with E-state index in [-0.39, 0.29) is 24.7 Å². The van der Waals surface area contributed by atoms with Gasteiger partial charge in [-0.1, -0.05) is 30.7 Å². The number of aliphatic carboxylic acids is 1. The first kappa shape index (κ1) is 13.5. The lowest BCUT2D eigenvalue weighted by Crippen LogP contribution is -2.17. The maximum Gasteiger partial charge on any atom is 0.303 e. The monoisotopic (exact) mass is 255 g/mol. The summed E-state index contributed by atoms with van der Waals surface area (Å²) in [5.74, 6) is -1.33. The number of nitrogens with one attached hydrogen (secondary N) is 1. The number of halogens is 1. The number of para-hydroxylation sites is 1. The van der Waals surface area contributed by atoms with E-state index in [2.05, 4.69) is 5.32 Å². The van der Waals surface area contributed by atoms with Crippen LogP contribution in [0.2, 0.25) is 5.02 Å². The Kier molecular flexibility index (Phi) is 4.97. The molecule has 2 N–H and O–H groups in total. The Morgan fingerprint density at radius 3 is 2.59 bits per heavy atom. The maximum atomic E-state index is 11.6. The van der Waals surface area contributed by atoms with Gasteiger partial charge in [-0.15, -0.1) is 0 Å². The largest absolute Gasteiger partial charge is 0.481 e. The normalized spacial score (nSPS) is 11.9. The standard InChI is InChI=1S/C12H14ClNO3/c1-8(7-12(16)17)6-11(15)14-10-5-3-2-4-9(10)13/h2-5,8H,6-7H2,1H3,(H,14,15)(H,16,17). The number of rotatable bonds is 5. The Morgan fingerprint density at radius 1 is 1.35 bits per heavy atom. The van der Waals surface area contributed by atoms with Gasteiger partial charge in [-0.2, -0.15) is 0 Å². The molecule has 0 aliphatic heterocycles. The van der Waals surface area contributed by atoms with E-state index in [1.165, 1.54) is 0 Å². The van der Waals surface area contributed by atoms with Crippen LogP contribution in [0.5, 0.6) is 0 Å². The first-order chi connectivity index (χ1) is 7.99. The zero-order valence-electron chi connectivity index (χ0n) is 9.44. The van der Waals surface area contributed by atoms with Gasteiger partial charge in [0.25, 0.3) is 0 Å². The number of hydrogen-bond acceptors (Lipinski definition) is 2. The molecule has 1 aromatic carbocycles. The number of carbonyl (C=O) groups excluding carboxylic acids is 1. The summed E-state index contributed by atoms with van der Waals surface area (Å²) < 4.78 is 0. The van der Waals surface area contributed by atoms with Crippen molar-refractivity contribution in [2.24, 2.45) is 5.92 Å². The van der Waals surface area contributed by atoms with Crippen LogP contribution >= 0.6 is 11.6 Å². The first-order valence-electron chi connectivity index (χ1n) is 5.25. The molecule has 0 heterocycles. The summed E-state index contributed by atoms with van der Waals surface area (Å²) in [5, 5.41) is 11.7. The topological polar surface area (TPSA) is 66.4 Å². The molecule has 0 saturated heterocycles. The molecule has 0 radical (unpaired) electrons. The van der Waals surface area contributed by atoms with Crippen LogP contribution in [0.1, 0.15) is 19.8 Å². The number of carboxylic acids is 1. The van der Waals surface area contributed by atoms with Crippen LogP contribution in [0.4, 0.5) is 5.69 Å². The molecule has 0 bridgehead atoms. The Hall–Kier alpha value is -1.55. The molecular formula is C12H14ClNO3. The second-order valence-corrected chi connectivity index (χ2v) is 4.34. The van der Waals surface area contributed by atoms with E-state index in [4.69, 9.17) is 16.7 Å². The minimum atomic E-state index is -0.900. The van der Waals surface area contributed by atoms with Crippen molar-refractivity contribution < 1.29 is 14.7 Å². The minimum absolute atomic E-state index is 0.0179. The molecule has 1 amide bonds. The molecule has 1 unspecified atom stereocenters. The van der Waals surface area contributed by atoms with Gasteiger partial charge < -0.3 is 10.4 Å². The predicted octanol–water partition coefficient (Wildman–Crippen LogP) is 2.78. The molecule has 0 aromatic heterocycles. The fourth-order valence-corrected chi connectivity index (χ4v) is 1.63. The number of carbonyl (C=O) groups is 2. The molecule has 0 saturated carbocycles. The van der Waals surface area contributed by atoms with Crippen molar-refractivity contribution in [3.63, 3.8) is 0 Å². The van der Waals surface area contributed by atoms with Crippen LogP contribution in [0.15, 0.2) is 24.3 Å². The van der Waals surface area contributed by atoms with Gasteiger partial charge in [0.2, 0.25) is 5.91 Å². The van der Waals surface area contributed by atoms with Gasteiger partial charge in [0, 0.05) is 12.8 Å². The third-order valence-electron chi connectivity index (χ3n) is 2.20. The highest BCUT2D eigenvalue weighted by Crippen LogP contribution is 2.21. The third-order valence-corrected chi connectivity index (χ3v) is 2.53. The lowest BCUT2D eigenvalue weighted by molar-refractivity contribution is -0.138. The van der Waals surface area contributed by atoms with Crippen LogP contribution < -0.4 is 5.32 Å². The van der Waals surface area contributed by atoms with Crippen molar-refractivity contribution in [2.75, 3.05) is 5.32 Å². The smallest absolute Gasteiger partial charge is 0.303 e. The third kappa shape index (κ3) is 4.87. The number of anilines is 1. The molecule has 92 valence electrons. The maximum absolute atomic E-state index is 11.6. The highest BCUT2D eigenvalue weighted by Gasteiger charge is 2.13. The molecule has 1 rings (SSSR count). The van der Waals surface area contributed by atoms with Gasteiger partial charge in [-0.25, -0.2) is 0 Å². The number of amides is 1. The van der Waals surface area contributed by atoms with Gasteiger partial charge in [0.15, 0.2) is 0 Å². The second kappa shape index (κ2) is 6.25. The quantitative estimate of drug-likeness (QED) is 0.850. The number of hydrogen-bond donors (Lipinski definition) is 2. The van der Waals surface area contributed by atoms with Gasteiger partial charge in [-0.3, -0.25) is 9.59 Å². The summed E-state index contributed by atoms with van der Waals surface area (Å²) in [6.45, 7) is 1.72. The molecule has 5 heteroatoms. The summed E-state index contributed by atoms with van der Waals surface area (Å²) in [5.41, 5.74) is 0.543. The summed E-state index contributed by atoms with van der Waals surface area (Å²) in [6, 6.07) is 6.91. The summed E-state index contributed by atoms with van der Waals surface area (Å²) in [4.78, 5) is 22.0. The molecule has 0 aliphatic rings. The van der Waals surface area contributed by atoms with E-state index >= 15 is 0 Å². The van der Waals surface area contributed by atoms with Gasteiger partial charge in [-0.05, 0) is 18.1 Å². The van der Waals surface area contributed by atoms with Crippen LogP contribution in [0, 0.1) is 5.92 Å². The molecule has 0 spiro atoms. The average molecular weight is 256 g/mol. The van der Waals surface area contributed by atoms with Crippen LogP contribution in [-0.2, 0) is 9.59 Å². The lowest BCUT2D eigenvalue weighted by atomic mass is 10.0. The van der Waals surface area contributed by atoms with Crippen LogP contribution in [-0.4, -0.2) is 17.0 Å². The fourth-order valence-electron chi connectivity index (χ4n) is 1.45. The Balaban J connectivity index is 2.50. The summed E-state index contributed by atoms with van der Waals surface area (Å²) >= 11 is 5.88. The Bertz CT molecular complexity index is 420. The predicted molar refractivity (Wildman–Crippen MR) is 66.1 cm³/mol. The van der Waals surface area contributed by atoms with Crippen LogP contribution in [0.3, 0.4) is 0 Å². The highest BCUT2D eigenvalue weighted by molar-refractivity contribution is 6.33.